The Morgan fingerprint density at radius 3 is 1.29 bits per heavy atom. The van der Waals surface area contributed by atoms with Gasteiger partial charge in [-0.1, -0.05) is 182 Å². The van der Waals surface area contributed by atoms with Crippen LogP contribution in [0.25, 0.3) is 0 Å². The van der Waals surface area contributed by atoms with Gasteiger partial charge in [0.2, 0.25) is 0 Å². The second-order valence-corrected chi connectivity index (χ2v) is 15.0. The Balaban J connectivity index is 4.56. The summed E-state index contributed by atoms with van der Waals surface area (Å²) >= 11 is 0. The molecule has 0 aliphatic rings. The first-order chi connectivity index (χ1) is 29.0. The summed E-state index contributed by atoms with van der Waals surface area (Å²) in [5, 5.41) is 0. The molecule has 59 heavy (non-hydrogen) atoms. The molecule has 1 unspecified atom stereocenters. The molecule has 0 saturated heterocycles. The highest BCUT2D eigenvalue weighted by atomic mass is 16.6. The predicted octanol–water partition coefficient (Wildman–Crippen LogP) is 15.2. The first-order valence-electron chi connectivity index (χ1n) is 23.5. The van der Waals surface area contributed by atoms with Crippen LogP contribution in [0.5, 0.6) is 0 Å². The fraction of sp³-hybridized carbons (Fsp3) is 0.604. The maximum Gasteiger partial charge on any atom is 0.306 e. The molecule has 0 spiro atoms. The van der Waals surface area contributed by atoms with E-state index in [-0.39, 0.29) is 37.5 Å². The minimum atomic E-state index is -0.819. The highest BCUT2D eigenvalue weighted by Gasteiger charge is 2.19. The van der Waals surface area contributed by atoms with E-state index in [1.807, 2.05) is 48.6 Å². The third-order valence-electron chi connectivity index (χ3n) is 9.37. The van der Waals surface area contributed by atoms with Gasteiger partial charge in [0.1, 0.15) is 13.2 Å². The van der Waals surface area contributed by atoms with E-state index in [0.29, 0.717) is 19.3 Å². The number of ether oxygens (including phenoxy) is 3. The molecule has 0 fully saturated rings. The number of hydrogen-bond acceptors (Lipinski definition) is 6. The second kappa shape index (κ2) is 46.8. The normalized spacial score (nSPS) is 13.1. The lowest BCUT2D eigenvalue weighted by Gasteiger charge is -2.18. The summed E-state index contributed by atoms with van der Waals surface area (Å²) in [6.45, 7) is 6.26. The fourth-order valence-electron chi connectivity index (χ4n) is 5.88. The Morgan fingerprint density at radius 1 is 0.373 bits per heavy atom. The van der Waals surface area contributed by atoms with Gasteiger partial charge in [-0.3, -0.25) is 14.4 Å². The van der Waals surface area contributed by atoms with Crippen LogP contribution in [0.3, 0.4) is 0 Å². The van der Waals surface area contributed by atoms with Gasteiger partial charge in [0.25, 0.3) is 0 Å². The van der Waals surface area contributed by atoms with Crippen molar-refractivity contribution in [2.75, 3.05) is 13.2 Å². The van der Waals surface area contributed by atoms with E-state index in [4.69, 9.17) is 14.2 Å². The minimum absolute atomic E-state index is 0.120. The number of rotatable bonds is 40. The minimum Gasteiger partial charge on any atom is -0.462 e. The monoisotopic (exact) mass is 817 g/mol. The zero-order valence-electron chi connectivity index (χ0n) is 37.7. The van der Waals surface area contributed by atoms with Crippen molar-refractivity contribution in [2.45, 2.75) is 194 Å². The van der Waals surface area contributed by atoms with Crippen molar-refractivity contribution in [3.8, 4) is 0 Å². The zero-order chi connectivity index (χ0) is 43.0. The third kappa shape index (κ3) is 45.0. The summed E-state index contributed by atoms with van der Waals surface area (Å²) in [5.41, 5.74) is 0. The van der Waals surface area contributed by atoms with E-state index in [1.54, 1.807) is 0 Å². The Hall–Kier alpha value is -3.93. The van der Waals surface area contributed by atoms with Crippen LogP contribution < -0.4 is 0 Å². The topological polar surface area (TPSA) is 78.9 Å². The SMILES string of the molecule is CC\C=C/C=C\C=C/C=C\C=C/CCCCCC(=O)OCC(COC(=O)CCCC/C=C\C/C=C\C/C=C\CC)OC(=O)CCCCC/C=C\CCCCCCCCC. The Labute approximate surface area is 361 Å². The molecule has 1 atom stereocenters. The van der Waals surface area contributed by atoms with Crippen LogP contribution in [0.15, 0.2) is 109 Å². The van der Waals surface area contributed by atoms with Gasteiger partial charge < -0.3 is 14.2 Å². The summed E-state index contributed by atoms with van der Waals surface area (Å²) in [6.07, 6.45) is 62.2. The molecule has 0 aromatic rings. The quantitative estimate of drug-likeness (QED) is 0.0201. The molecular weight excluding hydrogens is 733 g/mol. The molecule has 0 radical (unpaired) electrons. The number of allylic oxidation sites excluding steroid dienone is 18. The molecular formula is C53H84O6. The maximum atomic E-state index is 12.7. The van der Waals surface area contributed by atoms with E-state index in [0.717, 1.165) is 96.3 Å². The molecule has 332 valence electrons. The van der Waals surface area contributed by atoms with Crippen molar-refractivity contribution < 1.29 is 28.6 Å². The number of carbonyl (C=O) groups excluding carboxylic acids is 3. The molecule has 0 aromatic carbocycles. The molecule has 6 heteroatoms. The van der Waals surface area contributed by atoms with Gasteiger partial charge in [-0.2, -0.15) is 0 Å². The molecule has 0 bridgehead atoms. The lowest BCUT2D eigenvalue weighted by Crippen LogP contribution is -2.30. The van der Waals surface area contributed by atoms with Crippen LogP contribution in [0, 0.1) is 0 Å². The summed E-state index contributed by atoms with van der Waals surface area (Å²) in [7, 11) is 0. The highest BCUT2D eigenvalue weighted by molar-refractivity contribution is 5.71. The summed E-state index contributed by atoms with van der Waals surface area (Å²) < 4.78 is 16.6. The van der Waals surface area contributed by atoms with Gasteiger partial charge in [-0.25, -0.2) is 0 Å². The summed E-state index contributed by atoms with van der Waals surface area (Å²) in [6, 6.07) is 0. The number of hydrogen-bond donors (Lipinski definition) is 0. The maximum absolute atomic E-state index is 12.7. The van der Waals surface area contributed by atoms with Gasteiger partial charge in [-0.15, -0.1) is 0 Å². The van der Waals surface area contributed by atoms with Crippen LogP contribution in [0.1, 0.15) is 188 Å². The van der Waals surface area contributed by atoms with Crippen molar-refractivity contribution in [1.29, 1.82) is 0 Å². The van der Waals surface area contributed by atoms with Gasteiger partial charge in [0, 0.05) is 19.3 Å². The highest BCUT2D eigenvalue weighted by Crippen LogP contribution is 2.12. The van der Waals surface area contributed by atoms with Crippen molar-refractivity contribution in [2.24, 2.45) is 0 Å². The summed E-state index contributed by atoms with van der Waals surface area (Å²) in [4.78, 5) is 37.8. The zero-order valence-corrected chi connectivity index (χ0v) is 37.7. The Morgan fingerprint density at radius 2 is 0.746 bits per heavy atom. The van der Waals surface area contributed by atoms with Gasteiger partial charge in [-0.05, 0) is 96.3 Å². The molecule has 0 N–H and O–H groups in total. The summed E-state index contributed by atoms with van der Waals surface area (Å²) in [5.74, 6) is -1.02. The number of unbranched alkanes of at least 4 members (excludes halogenated alkanes) is 15. The van der Waals surface area contributed by atoms with E-state index < -0.39 is 6.10 Å². The van der Waals surface area contributed by atoms with Crippen LogP contribution in [-0.2, 0) is 28.6 Å². The van der Waals surface area contributed by atoms with E-state index in [9.17, 15) is 14.4 Å². The van der Waals surface area contributed by atoms with Crippen molar-refractivity contribution >= 4 is 17.9 Å². The average molecular weight is 817 g/mol. The molecule has 6 nitrogen and oxygen atoms in total. The molecule has 0 aliphatic heterocycles. The van der Waals surface area contributed by atoms with Gasteiger partial charge >= 0.3 is 17.9 Å². The third-order valence-corrected chi connectivity index (χ3v) is 9.37. The molecule has 0 aliphatic carbocycles. The van der Waals surface area contributed by atoms with Gasteiger partial charge in [0.15, 0.2) is 6.10 Å². The molecule has 0 aromatic heterocycles. The fourth-order valence-corrected chi connectivity index (χ4v) is 5.88. The lowest BCUT2D eigenvalue weighted by atomic mass is 10.1. The van der Waals surface area contributed by atoms with E-state index in [2.05, 4.69) is 81.5 Å². The Kier molecular flexibility index (Phi) is 43.6. The first kappa shape index (κ1) is 55.1. The molecule has 0 heterocycles. The molecule has 0 rings (SSSR count). The van der Waals surface area contributed by atoms with Crippen molar-refractivity contribution in [3.63, 3.8) is 0 Å². The van der Waals surface area contributed by atoms with E-state index in [1.165, 1.54) is 44.9 Å². The first-order valence-corrected chi connectivity index (χ1v) is 23.5. The number of carbonyl (C=O) groups is 3. The van der Waals surface area contributed by atoms with Crippen LogP contribution in [0.2, 0.25) is 0 Å². The molecule has 0 amide bonds. The Bertz CT molecular complexity index is 1260. The van der Waals surface area contributed by atoms with Crippen LogP contribution in [-0.4, -0.2) is 37.2 Å². The van der Waals surface area contributed by atoms with Gasteiger partial charge in [0.05, 0.1) is 0 Å². The predicted molar refractivity (Wildman–Crippen MR) is 251 cm³/mol. The average Bonchev–Trinajstić information content (AvgIpc) is 3.23. The van der Waals surface area contributed by atoms with Crippen molar-refractivity contribution in [3.05, 3.63) is 109 Å². The van der Waals surface area contributed by atoms with Crippen molar-refractivity contribution in [1.82, 2.24) is 0 Å². The number of esters is 3. The van der Waals surface area contributed by atoms with Crippen LogP contribution >= 0.6 is 0 Å². The van der Waals surface area contributed by atoms with Crippen LogP contribution in [0.4, 0.5) is 0 Å². The lowest BCUT2D eigenvalue weighted by molar-refractivity contribution is -0.167. The smallest absolute Gasteiger partial charge is 0.306 e. The largest absolute Gasteiger partial charge is 0.462 e. The van der Waals surface area contributed by atoms with E-state index >= 15 is 0 Å². The standard InChI is InChI=1S/C53H84O6/c1-4-7-10-13-16-19-22-25-27-29-31-34-37-40-43-46-52(55)58-49-50(48-57-51(54)45-42-39-36-33-30-24-21-18-15-12-9-6-3)59-53(56)47-44-41-38-35-32-28-26-23-20-17-14-11-8-5-2/h7,9-10,12-13,16,18-19,21-22,25,27-33,50H,4-6,8,11,14-15,17,20,23-24,26,34-49H2,1-3H3/b10-7-,12-9-,16-13-,21-18-,22-19-,27-25-,31-29-,32-28-,33-30-. The second-order valence-electron chi connectivity index (χ2n) is 15.0. The molecule has 0 saturated carbocycles.